The third kappa shape index (κ3) is 4.02. The topological polar surface area (TPSA) is 133 Å². The summed E-state index contributed by atoms with van der Waals surface area (Å²) in [6, 6.07) is 7.33. The number of nitrogens with zero attached hydrogens (tertiary/aromatic N) is 5. The summed E-state index contributed by atoms with van der Waals surface area (Å²) in [6.07, 6.45) is 5.13. The lowest BCUT2D eigenvalue weighted by molar-refractivity contribution is 0.0996. The van der Waals surface area contributed by atoms with Gasteiger partial charge in [-0.1, -0.05) is 0 Å². The number of amides is 1. The molecule has 4 N–H and O–H groups in total. The van der Waals surface area contributed by atoms with Crippen molar-refractivity contribution in [2.45, 2.75) is 20.0 Å². The SMILES string of the molecule is CNc1nc(Nc2ccc(OC(C)C)cc2)c(C(N)=O)nc1-c1cncc2c1ncn2C. The number of pyridine rings is 1. The normalized spacial score (nSPS) is 11.0. The van der Waals surface area contributed by atoms with Crippen molar-refractivity contribution in [2.75, 3.05) is 17.7 Å². The Hall–Kier alpha value is -4.21. The Bertz CT molecular complexity index is 1280. The lowest BCUT2D eigenvalue weighted by Crippen LogP contribution is -2.18. The van der Waals surface area contributed by atoms with E-state index in [4.69, 9.17) is 10.5 Å². The molecule has 0 radical (unpaired) electrons. The van der Waals surface area contributed by atoms with Crippen LogP contribution in [0.5, 0.6) is 5.75 Å². The summed E-state index contributed by atoms with van der Waals surface area (Å²) in [5, 5.41) is 6.16. The molecule has 3 heterocycles. The van der Waals surface area contributed by atoms with Gasteiger partial charge in [-0.05, 0) is 38.1 Å². The highest BCUT2D eigenvalue weighted by molar-refractivity contribution is 5.99. The zero-order chi connectivity index (χ0) is 22.8. The fraction of sp³-hybridized carbons (Fsp3) is 0.227. The maximum atomic E-state index is 12.2. The Balaban J connectivity index is 1.77. The van der Waals surface area contributed by atoms with E-state index in [-0.39, 0.29) is 17.6 Å². The third-order valence-corrected chi connectivity index (χ3v) is 4.75. The summed E-state index contributed by atoms with van der Waals surface area (Å²) < 4.78 is 7.52. The fourth-order valence-electron chi connectivity index (χ4n) is 3.30. The first-order valence-electron chi connectivity index (χ1n) is 10.1. The molecule has 1 amide bonds. The van der Waals surface area contributed by atoms with Crippen LogP contribution in [0, 0.1) is 0 Å². The van der Waals surface area contributed by atoms with E-state index in [1.54, 1.807) is 25.8 Å². The fourth-order valence-corrected chi connectivity index (χ4v) is 3.30. The lowest BCUT2D eigenvalue weighted by Gasteiger charge is -2.15. The lowest BCUT2D eigenvalue weighted by atomic mass is 10.1. The van der Waals surface area contributed by atoms with Gasteiger partial charge in [0.25, 0.3) is 5.91 Å². The van der Waals surface area contributed by atoms with Gasteiger partial charge < -0.3 is 25.7 Å². The van der Waals surface area contributed by atoms with Crippen molar-refractivity contribution in [1.82, 2.24) is 24.5 Å². The average molecular weight is 432 g/mol. The first-order valence-corrected chi connectivity index (χ1v) is 10.1. The van der Waals surface area contributed by atoms with Gasteiger partial charge in [0.2, 0.25) is 0 Å². The Morgan fingerprint density at radius 2 is 1.88 bits per heavy atom. The summed E-state index contributed by atoms with van der Waals surface area (Å²) >= 11 is 0. The van der Waals surface area contributed by atoms with Crippen molar-refractivity contribution in [3.05, 3.63) is 48.7 Å². The number of benzene rings is 1. The molecule has 10 nitrogen and oxygen atoms in total. The number of aryl methyl sites for hydroxylation is 1. The van der Waals surface area contributed by atoms with Crippen molar-refractivity contribution >= 4 is 34.3 Å². The first-order chi connectivity index (χ1) is 15.4. The highest BCUT2D eigenvalue weighted by Gasteiger charge is 2.21. The number of anilines is 3. The molecule has 0 aliphatic heterocycles. The number of aromatic nitrogens is 5. The van der Waals surface area contributed by atoms with E-state index in [2.05, 4.69) is 30.6 Å². The maximum Gasteiger partial charge on any atom is 0.271 e. The highest BCUT2D eigenvalue weighted by Crippen LogP contribution is 2.32. The van der Waals surface area contributed by atoms with Gasteiger partial charge >= 0.3 is 0 Å². The molecular weight excluding hydrogens is 408 g/mol. The molecule has 164 valence electrons. The summed E-state index contributed by atoms with van der Waals surface area (Å²) in [4.78, 5) is 30.1. The predicted octanol–water partition coefficient (Wildman–Crippen LogP) is 3.10. The van der Waals surface area contributed by atoms with E-state index >= 15 is 0 Å². The second kappa shape index (κ2) is 8.50. The number of hydrogen-bond acceptors (Lipinski definition) is 8. The van der Waals surface area contributed by atoms with Gasteiger partial charge in [-0.2, -0.15) is 0 Å². The summed E-state index contributed by atoms with van der Waals surface area (Å²) in [5.41, 5.74) is 8.97. The number of carbonyl (C=O) groups excluding carboxylic acids is 1. The van der Waals surface area contributed by atoms with Crippen LogP contribution < -0.4 is 21.1 Å². The van der Waals surface area contributed by atoms with Gasteiger partial charge in [0, 0.05) is 26.0 Å². The minimum absolute atomic E-state index is 0.00874. The Labute approximate surface area is 184 Å². The quantitative estimate of drug-likeness (QED) is 0.406. The molecule has 0 aliphatic carbocycles. The number of ether oxygens (including phenoxy) is 1. The van der Waals surface area contributed by atoms with Crippen molar-refractivity contribution in [3.63, 3.8) is 0 Å². The van der Waals surface area contributed by atoms with E-state index in [1.807, 2.05) is 49.7 Å². The van der Waals surface area contributed by atoms with Crippen molar-refractivity contribution < 1.29 is 9.53 Å². The van der Waals surface area contributed by atoms with Crippen LogP contribution in [0.4, 0.5) is 17.3 Å². The molecule has 0 atom stereocenters. The number of carbonyl (C=O) groups is 1. The van der Waals surface area contributed by atoms with Gasteiger partial charge in [0.05, 0.1) is 29.7 Å². The van der Waals surface area contributed by atoms with Crippen LogP contribution in [0.2, 0.25) is 0 Å². The Morgan fingerprint density at radius 1 is 1.12 bits per heavy atom. The zero-order valence-corrected chi connectivity index (χ0v) is 18.2. The van der Waals surface area contributed by atoms with E-state index in [0.29, 0.717) is 28.3 Å². The largest absolute Gasteiger partial charge is 0.491 e. The molecule has 0 saturated heterocycles. The monoisotopic (exact) mass is 432 g/mol. The van der Waals surface area contributed by atoms with Crippen LogP contribution in [-0.2, 0) is 7.05 Å². The second-order valence-electron chi connectivity index (χ2n) is 7.46. The van der Waals surface area contributed by atoms with Crippen LogP contribution in [0.3, 0.4) is 0 Å². The van der Waals surface area contributed by atoms with Crippen LogP contribution >= 0.6 is 0 Å². The van der Waals surface area contributed by atoms with Gasteiger partial charge in [-0.15, -0.1) is 0 Å². The van der Waals surface area contributed by atoms with E-state index < -0.39 is 5.91 Å². The standard InChI is InChI=1S/C22H24N8O2/c1-12(2)32-14-7-5-13(6-8-14)27-22-19(20(23)31)28-18(21(24-3)29-22)15-9-25-10-16-17(15)26-11-30(16)4/h5-12H,1-4H3,(H2,23,31)(H2,24,27,29). The van der Waals surface area contributed by atoms with E-state index in [0.717, 1.165) is 11.3 Å². The van der Waals surface area contributed by atoms with Crippen molar-refractivity contribution in [3.8, 4) is 17.0 Å². The molecule has 0 aliphatic rings. The van der Waals surface area contributed by atoms with E-state index in [1.165, 1.54) is 0 Å². The molecule has 10 heteroatoms. The first kappa shape index (κ1) is 21.0. The third-order valence-electron chi connectivity index (χ3n) is 4.75. The molecule has 1 aromatic carbocycles. The van der Waals surface area contributed by atoms with Gasteiger partial charge in [0.1, 0.15) is 17.0 Å². The predicted molar refractivity (Wildman–Crippen MR) is 123 cm³/mol. The molecular formula is C22H24N8O2. The van der Waals surface area contributed by atoms with Crippen molar-refractivity contribution in [1.29, 1.82) is 0 Å². The summed E-state index contributed by atoms with van der Waals surface area (Å²) in [6.45, 7) is 3.92. The number of primary amides is 1. The van der Waals surface area contributed by atoms with Crippen LogP contribution in [-0.4, -0.2) is 43.6 Å². The van der Waals surface area contributed by atoms with Crippen LogP contribution in [0.15, 0.2) is 43.0 Å². The molecule has 0 unspecified atom stereocenters. The number of fused-ring (bicyclic) bond motifs is 1. The van der Waals surface area contributed by atoms with Gasteiger partial charge in [-0.3, -0.25) is 9.78 Å². The van der Waals surface area contributed by atoms with Crippen molar-refractivity contribution in [2.24, 2.45) is 12.8 Å². The summed E-state index contributed by atoms with van der Waals surface area (Å²) in [7, 11) is 3.61. The van der Waals surface area contributed by atoms with Gasteiger partial charge in [-0.25, -0.2) is 15.0 Å². The van der Waals surface area contributed by atoms with Gasteiger partial charge in [0.15, 0.2) is 17.3 Å². The molecule has 32 heavy (non-hydrogen) atoms. The summed E-state index contributed by atoms with van der Waals surface area (Å²) in [5.74, 6) is 0.736. The molecule has 0 spiro atoms. The molecule has 0 bridgehead atoms. The number of rotatable bonds is 7. The van der Waals surface area contributed by atoms with Crippen LogP contribution in [0.25, 0.3) is 22.3 Å². The molecule has 4 rings (SSSR count). The minimum Gasteiger partial charge on any atom is -0.491 e. The Morgan fingerprint density at radius 3 is 2.53 bits per heavy atom. The number of hydrogen-bond donors (Lipinski definition) is 3. The maximum absolute atomic E-state index is 12.2. The number of nitrogens with one attached hydrogen (secondary N) is 2. The average Bonchev–Trinajstić information content (AvgIpc) is 3.15. The van der Waals surface area contributed by atoms with Crippen LogP contribution in [0.1, 0.15) is 24.3 Å². The Kier molecular flexibility index (Phi) is 5.59. The second-order valence-corrected chi connectivity index (χ2v) is 7.46. The highest BCUT2D eigenvalue weighted by atomic mass is 16.5. The minimum atomic E-state index is -0.704. The molecule has 3 aromatic heterocycles. The smallest absolute Gasteiger partial charge is 0.271 e. The number of imidazole rings is 1. The zero-order valence-electron chi connectivity index (χ0n) is 18.2. The number of nitrogens with two attached hydrogens (primary N) is 1. The van der Waals surface area contributed by atoms with E-state index in [9.17, 15) is 4.79 Å². The molecule has 4 aromatic rings. The molecule has 0 saturated carbocycles. The molecule has 0 fully saturated rings.